The highest BCUT2D eigenvalue weighted by atomic mass is 35.5. The highest BCUT2D eigenvalue weighted by Gasteiger charge is 2.03. The maximum absolute atomic E-state index is 11.3. The van der Waals surface area contributed by atoms with Gasteiger partial charge in [0.2, 0.25) is 0 Å². The standard InChI is InChI=1S/C14H21NO3.ClH/c1-2-17-14(16)11-12-5-7-13(8-6-12)18-10-4-3-9-15;/h5-8H,2-4,9-11,15H2,1H3;1H. The molecule has 4 nitrogen and oxygen atoms in total. The zero-order chi connectivity index (χ0) is 13.2. The Balaban J connectivity index is 0.00000324. The monoisotopic (exact) mass is 287 g/mol. The molecule has 108 valence electrons. The van der Waals surface area contributed by atoms with Gasteiger partial charge in [0.15, 0.2) is 0 Å². The van der Waals surface area contributed by atoms with Crippen LogP contribution in [0.2, 0.25) is 0 Å². The predicted molar refractivity (Wildman–Crippen MR) is 77.8 cm³/mol. The summed E-state index contributed by atoms with van der Waals surface area (Å²) in [6.07, 6.45) is 2.24. The van der Waals surface area contributed by atoms with E-state index in [-0.39, 0.29) is 18.4 Å². The zero-order valence-corrected chi connectivity index (χ0v) is 12.1. The smallest absolute Gasteiger partial charge is 0.310 e. The first-order valence-electron chi connectivity index (χ1n) is 6.33. The van der Waals surface area contributed by atoms with Crippen LogP contribution >= 0.6 is 12.4 Å². The summed E-state index contributed by atoms with van der Waals surface area (Å²) in [5, 5.41) is 0. The number of carbonyl (C=O) groups excluding carboxylic acids is 1. The highest BCUT2D eigenvalue weighted by molar-refractivity contribution is 5.85. The van der Waals surface area contributed by atoms with Gasteiger partial charge in [-0.25, -0.2) is 0 Å². The topological polar surface area (TPSA) is 61.5 Å². The number of carbonyl (C=O) groups is 1. The van der Waals surface area contributed by atoms with Crippen LogP contribution in [0.5, 0.6) is 5.75 Å². The van der Waals surface area contributed by atoms with E-state index < -0.39 is 0 Å². The van der Waals surface area contributed by atoms with Gasteiger partial charge in [-0.1, -0.05) is 12.1 Å². The van der Waals surface area contributed by atoms with E-state index in [4.69, 9.17) is 15.2 Å². The van der Waals surface area contributed by atoms with Gasteiger partial charge >= 0.3 is 5.97 Å². The summed E-state index contributed by atoms with van der Waals surface area (Å²) in [5.74, 6) is 0.619. The number of esters is 1. The highest BCUT2D eigenvalue weighted by Crippen LogP contribution is 2.13. The van der Waals surface area contributed by atoms with Crippen LogP contribution in [0, 0.1) is 0 Å². The van der Waals surface area contributed by atoms with E-state index in [2.05, 4.69) is 0 Å². The molecule has 0 spiro atoms. The molecule has 1 aromatic rings. The molecular weight excluding hydrogens is 266 g/mol. The molecule has 1 aromatic carbocycles. The Bertz CT molecular complexity index is 354. The molecule has 0 saturated heterocycles. The van der Waals surface area contributed by atoms with E-state index in [1.165, 1.54) is 0 Å². The van der Waals surface area contributed by atoms with Gasteiger partial charge in [0, 0.05) is 0 Å². The van der Waals surface area contributed by atoms with Gasteiger partial charge in [0.25, 0.3) is 0 Å². The summed E-state index contributed by atoms with van der Waals surface area (Å²) in [5.41, 5.74) is 6.33. The summed E-state index contributed by atoms with van der Waals surface area (Å²) >= 11 is 0. The zero-order valence-electron chi connectivity index (χ0n) is 11.3. The van der Waals surface area contributed by atoms with Crippen molar-refractivity contribution >= 4 is 18.4 Å². The second-order valence-corrected chi connectivity index (χ2v) is 3.97. The summed E-state index contributed by atoms with van der Waals surface area (Å²) in [6.45, 7) is 3.59. The van der Waals surface area contributed by atoms with Crippen LogP contribution in [0.15, 0.2) is 24.3 Å². The van der Waals surface area contributed by atoms with E-state index in [0.717, 1.165) is 24.2 Å². The summed E-state index contributed by atoms with van der Waals surface area (Å²) in [7, 11) is 0. The normalized spacial score (nSPS) is 9.58. The van der Waals surface area contributed by atoms with Crippen molar-refractivity contribution in [2.24, 2.45) is 5.73 Å². The fraction of sp³-hybridized carbons (Fsp3) is 0.500. The Kier molecular flexibility index (Phi) is 9.94. The lowest BCUT2D eigenvalue weighted by atomic mass is 10.1. The van der Waals surface area contributed by atoms with Crippen LogP contribution in [0.1, 0.15) is 25.3 Å². The molecule has 0 unspecified atom stereocenters. The third-order valence-electron chi connectivity index (χ3n) is 2.44. The fourth-order valence-electron chi connectivity index (χ4n) is 1.52. The van der Waals surface area contributed by atoms with E-state index >= 15 is 0 Å². The molecular formula is C14H22ClNO3. The van der Waals surface area contributed by atoms with Crippen LogP contribution in [0.25, 0.3) is 0 Å². The second-order valence-electron chi connectivity index (χ2n) is 3.97. The fourth-order valence-corrected chi connectivity index (χ4v) is 1.52. The van der Waals surface area contributed by atoms with E-state index in [1.54, 1.807) is 6.92 Å². The molecule has 0 bridgehead atoms. The molecule has 0 fully saturated rings. The van der Waals surface area contributed by atoms with Gasteiger partial charge in [-0.05, 0) is 44.0 Å². The predicted octanol–water partition coefficient (Wildman–Crippen LogP) is 2.33. The quantitative estimate of drug-likeness (QED) is 0.589. The van der Waals surface area contributed by atoms with Gasteiger partial charge < -0.3 is 15.2 Å². The third-order valence-corrected chi connectivity index (χ3v) is 2.44. The minimum absolute atomic E-state index is 0. The largest absolute Gasteiger partial charge is 0.494 e. The maximum atomic E-state index is 11.3. The van der Waals surface area contributed by atoms with Crippen molar-refractivity contribution in [1.82, 2.24) is 0 Å². The Morgan fingerprint density at radius 3 is 2.47 bits per heavy atom. The minimum Gasteiger partial charge on any atom is -0.494 e. The molecule has 0 heterocycles. The van der Waals surface area contributed by atoms with Crippen molar-refractivity contribution in [3.63, 3.8) is 0 Å². The van der Waals surface area contributed by atoms with E-state index in [9.17, 15) is 4.79 Å². The Morgan fingerprint density at radius 1 is 1.21 bits per heavy atom. The molecule has 0 aliphatic rings. The molecule has 0 aromatic heterocycles. The Labute approximate surface area is 120 Å². The van der Waals surface area contributed by atoms with Crippen LogP contribution < -0.4 is 10.5 Å². The third kappa shape index (κ3) is 7.70. The first-order valence-corrected chi connectivity index (χ1v) is 6.33. The first kappa shape index (κ1) is 17.7. The SMILES string of the molecule is CCOC(=O)Cc1ccc(OCCCCN)cc1.Cl. The Morgan fingerprint density at radius 2 is 1.89 bits per heavy atom. The van der Waals surface area contributed by atoms with Gasteiger partial charge in [-0.2, -0.15) is 0 Å². The van der Waals surface area contributed by atoms with Crippen molar-refractivity contribution in [3.8, 4) is 5.75 Å². The summed E-state index contributed by atoms with van der Waals surface area (Å²) in [6, 6.07) is 7.51. The lowest BCUT2D eigenvalue weighted by molar-refractivity contribution is -0.142. The number of hydrogen-bond acceptors (Lipinski definition) is 4. The average molecular weight is 288 g/mol. The van der Waals surface area contributed by atoms with Crippen molar-refractivity contribution in [1.29, 1.82) is 0 Å². The van der Waals surface area contributed by atoms with Gasteiger partial charge in [-0.15, -0.1) is 12.4 Å². The molecule has 19 heavy (non-hydrogen) atoms. The number of rotatable bonds is 8. The molecule has 5 heteroatoms. The maximum Gasteiger partial charge on any atom is 0.310 e. The van der Waals surface area contributed by atoms with Crippen molar-refractivity contribution in [2.45, 2.75) is 26.2 Å². The number of unbranched alkanes of at least 4 members (excludes halogenated alkanes) is 1. The van der Waals surface area contributed by atoms with Crippen molar-refractivity contribution in [3.05, 3.63) is 29.8 Å². The number of halogens is 1. The van der Waals surface area contributed by atoms with Crippen LogP contribution in [0.4, 0.5) is 0 Å². The van der Waals surface area contributed by atoms with E-state index in [0.29, 0.717) is 26.2 Å². The second kappa shape index (κ2) is 10.6. The number of benzene rings is 1. The number of hydrogen-bond donors (Lipinski definition) is 1. The lowest BCUT2D eigenvalue weighted by Gasteiger charge is -2.06. The van der Waals surface area contributed by atoms with Crippen LogP contribution in [0.3, 0.4) is 0 Å². The summed E-state index contributed by atoms with van der Waals surface area (Å²) < 4.78 is 10.4. The van der Waals surface area contributed by atoms with Crippen molar-refractivity contribution < 1.29 is 14.3 Å². The summed E-state index contributed by atoms with van der Waals surface area (Å²) in [4.78, 5) is 11.3. The number of ether oxygens (including phenoxy) is 2. The van der Waals surface area contributed by atoms with Gasteiger partial charge in [0.05, 0.1) is 19.6 Å². The van der Waals surface area contributed by atoms with Crippen LogP contribution in [-0.2, 0) is 16.0 Å². The van der Waals surface area contributed by atoms with Crippen molar-refractivity contribution in [2.75, 3.05) is 19.8 Å². The molecule has 0 aliphatic carbocycles. The van der Waals surface area contributed by atoms with Gasteiger partial charge in [-0.3, -0.25) is 4.79 Å². The molecule has 0 amide bonds. The molecule has 1 rings (SSSR count). The van der Waals surface area contributed by atoms with Crippen LogP contribution in [-0.4, -0.2) is 25.7 Å². The molecule has 0 saturated carbocycles. The Hall–Kier alpha value is -1.26. The molecule has 0 aliphatic heterocycles. The average Bonchev–Trinajstić information content (AvgIpc) is 2.37. The number of nitrogens with two attached hydrogens (primary N) is 1. The van der Waals surface area contributed by atoms with Gasteiger partial charge in [0.1, 0.15) is 5.75 Å². The van der Waals surface area contributed by atoms with E-state index in [1.807, 2.05) is 24.3 Å². The first-order chi connectivity index (χ1) is 8.76. The molecule has 2 N–H and O–H groups in total. The molecule has 0 radical (unpaired) electrons. The minimum atomic E-state index is -0.200. The lowest BCUT2D eigenvalue weighted by Crippen LogP contribution is -2.07. The molecule has 0 atom stereocenters.